The Labute approximate surface area is 149 Å². The first kappa shape index (κ1) is 18.6. The summed E-state index contributed by atoms with van der Waals surface area (Å²) in [6, 6.07) is 7.04. The summed E-state index contributed by atoms with van der Waals surface area (Å²) in [5.74, 6) is -3.54. The van der Waals surface area contributed by atoms with E-state index in [9.17, 15) is 14.4 Å². The summed E-state index contributed by atoms with van der Waals surface area (Å²) < 4.78 is 11.0. The summed E-state index contributed by atoms with van der Waals surface area (Å²) >= 11 is 3.34. The maximum absolute atomic E-state index is 13.0. The number of benzene rings is 1. The lowest BCUT2D eigenvalue weighted by Gasteiger charge is -2.32. The van der Waals surface area contributed by atoms with Crippen molar-refractivity contribution in [2.75, 3.05) is 7.11 Å². The maximum Gasteiger partial charge on any atom is 0.321 e. The number of carbonyl (C=O) groups excluding carboxylic acids is 3. The highest BCUT2D eigenvalue weighted by atomic mass is 79.9. The van der Waals surface area contributed by atoms with Crippen molar-refractivity contribution in [3.05, 3.63) is 34.3 Å². The number of esters is 2. The highest BCUT2D eigenvalue weighted by Crippen LogP contribution is 2.44. The number of rotatable bonds is 5. The minimum absolute atomic E-state index is 0.102. The number of carbonyl (C=O) groups is 3. The van der Waals surface area contributed by atoms with Crippen LogP contribution in [0.2, 0.25) is 0 Å². The van der Waals surface area contributed by atoms with Gasteiger partial charge in [0.25, 0.3) is 0 Å². The van der Waals surface area contributed by atoms with Crippen LogP contribution in [0.25, 0.3) is 0 Å². The lowest BCUT2D eigenvalue weighted by molar-refractivity contribution is -0.156. The molecule has 5 nitrogen and oxygen atoms in total. The highest BCUT2D eigenvalue weighted by molar-refractivity contribution is 9.10. The van der Waals surface area contributed by atoms with E-state index < -0.39 is 35.3 Å². The van der Waals surface area contributed by atoms with Gasteiger partial charge in [-0.2, -0.15) is 0 Å². The first-order chi connectivity index (χ1) is 11.2. The standard InChI is InChI=1S/C18H21BrO5/c1-5-12(15(20)10-6-8-11(19)9-7-10)14-13(16(21)23-4)17(22)24-18(14,2)3/h6-9,12-14H,5H2,1-4H3/t12-,13-,14-/m1/s1. The van der Waals surface area contributed by atoms with Crippen molar-refractivity contribution in [2.24, 2.45) is 17.8 Å². The molecule has 0 unspecified atom stereocenters. The van der Waals surface area contributed by atoms with Gasteiger partial charge in [-0.3, -0.25) is 14.4 Å². The van der Waals surface area contributed by atoms with E-state index >= 15 is 0 Å². The molecule has 1 aliphatic heterocycles. The van der Waals surface area contributed by atoms with E-state index in [0.717, 1.165) is 4.47 Å². The van der Waals surface area contributed by atoms with E-state index in [0.29, 0.717) is 12.0 Å². The van der Waals surface area contributed by atoms with Crippen molar-refractivity contribution in [2.45, 2.75) is 32.8 Å². The predicted molar refractivity (Wildman–Crippen MR) is 91.4 cm³/mol. The lowest BCUT2D eigenvalue weighted by Crippen LogP contribution is -2.42. The van der Waals surface area contributed by atoms with Crippen molar-refractivity contribution < 1.29 is 23.9 Å². The first-order valence-electron chi connectivity index (χ1n) is 7.83. The molecular formula is C18H21BrO5. The van der Waals surface area contributed by atoms with Crippen LogP contribution in [0.15, 0.2) is 28.7 Å². The van der Waals surface area contributed by atoms with Crippen LogP contribution in [0.1, 0.15) is 37.6 Å². The summed E-state index contributed by atoms with van der Waals surface area (Å²) in [5.41, 5.74) is -0.370. The van der Waals surface area contributed by atoms with Gasteiger partial charge in [-0.25, -0.2) is 0 Å². The summed E-state index contributed by atoms with van der Waals surface area (Å²) in [6.07, 6.45) is 0.493. The van der Waals surface area contributed by atoms with Gasteiger partial charge in [-0.05, 0) is 32.4 Å². The molecule has 0 aromatic heterocycles. The number of methoxy groups -OCH3 is 1. The first-order valence-corrected chi connectivity index (χ1v) is 8.62. The minimum atomic E-state index is -1.07. The fourth-order valence-corrected chi connectivity index (χ4v) is 3.72. The van der Waals surface area contributed by atoms with Crippen molar-refractivity contribution in [1.82, 2.24) is 0 Å². The Hall–Kier alpha value is -1.69. The number of Topliss-reactive ketones (excluding diaryl/α,β-unsaturated/α-hetero) is 1. The van der Waals surface area contributed by atoms with Crippen LogP contribution in [0.3, 0.4) is 0 Å². The Morgan fingerprint density at radius 2 is 1.88 bits per heavy atom. The smallest absolute Gasteiger partial charge is 0.321 e. The van der Waals surface area contributed by atoms with Gasteiger partial charge in [-0.15, -0.1) is 0 Å². The molecule has 1 heterocycles. The minimum Gasteiger partial charge on any atom is -0.468 e. The maximum atomic E-state index is 13.0. The molecule has 6 heteroatoms. The van der Waals surface area contributed by atoms with Crippen LogP contribution in [0.5, 0.6) is 0 Å². The largest absolute Gasteiger partial charge is 0.468 e. The number of ketones is 1. The second-order valence-corrected chi connectivity index (χ2v) is 7.35. The molecule has 130 valence electrons. The molecule has 1 aliphatic rings. The van der Waals surface area contributed by atoms with Gasteiger partial charge in [0.1, 0.15) is 5.60 Å². The molecule has 0 saturated carbocycles. The molecule has 0 N–H and O–H groups in total. The Morgan fingerprint density at radius 3 is 2.38 bits per heavy atom. The molecule has 1 aromatic carbocycles. The molecule has 3 atom stereocenters. The fourth-order valence-electron chi connectivity index (χ4n) is 3.46. The van der Waals surface area contributed by atoms with Crippen LogP contribution in [-0.4, -0.2) is 30.4 Å². The monoisotopic (exact) mass is 396 g/mol. The lowest BCUT2D eigenvalue weighted by atomic mass is 9.70. The van der Waals surface area contributed by atoms with Crippen LogP contribution in [0.4, 0.5) is 0 Å². The van der Waals surface area contributed by atoms with Crippen LogP contribution >= 0.6 is 15.9 Å². The zero-order valence-electron chi connectivity index (χ0n) is 14.2. The van der Waals surface area contributed by atoms with Gasteiger partial charge < -0.3 is 9.47 Å². The van der Waals surface area contributed by atoms with Crippen LogP contribution in [0, 0.1) is 17.8 Å². The molecule has 24 heavy (non-hydrogen) atoms. The van der Waals surface area contributed by atoms with E-state index in [-0.39, 0.29) is 5.78 Å². The molecule has 1 saturated heterocycles. The highest BCUT2D eigenvalue weighted by Gasteiger charge is 2.57. The molecule has 2 rings (SSSR count). The van der Waals surface area contributed by atoms with Crippen molar-refractivity contribution in [3.63, 3.8) is 0 Å². The molecule has 0 amide bonds. The predicted octanol–water partition coefficient (Wildman–Crippen LogP) is 3.40. The molecule has 0 radical (unpaired) electrons. The third-order valence-corrected chi connectivity index (χ3v) is 5.10. The van der Waals surface area contributed by atoms with Gasteiger partial charge >= 0.3 is 11.9 Å². The van der Waals surface area contributed by atoms with Crippen molar-refractivity contribution in [3.8, 4) is 0 Å². The summed E-state index contributed by atoms with van der Waals surface area (Å²) in [4.78, 5) is 37.3. The zero-order chi connectivity index (χ0) is 18.1. The van der Waals surface area contributed by atoms with Gasteiger partial charge in [0.15, 0.2) is 11.7 Å². The van der Waals surface area contributed by atoms with E-state index in [4.69, 9.17) is 9.47 Å². The average molecular weight is 397 g/mol. The van der Waals surface area contributed by atoms with Gasteiger partial charge in [0.2, 0.25) is 0 Å². The SMILES string of the molecule is CC[C@@H](C(=O)c1ccc(Br)cc1)[C@@H]1[C@H](C(=O)OC)C(=O)OC1(C)C. The van der Waals surface area contributed by atoms with E-state index in [2.05, 4.69) is 15.9 Å². The summed E-state index contributed by atoms with van der Waals surface area (Å²) in [5, 5.41) is 0. The van der Waals surface area contributed by atoms with E-state index in [1.807, 2.05) is 6.92 Å². The Kier molecular flexibility index (Phi) is 5.48. The third-order valence-electron chi connectivity index (χ3n) is 4.57. The molecule has 0 spiro atoms. The summed E-state index contributed by atoms with van der Waals surface area (Å²) in [7, 11) is 1.23. The van der Waals surface area contributed by atoms with Crippen LogP contribution in [-0.2, 0) is 19.1 Å². The van der Waals surface area contributed by atoms with E-state index in [1.54, 1.807) is 38.1 Å². The number of hydrogen-bond donors (Lipinski definition) is 0. The molecule has 1 aromatic rings. The Bertz CT molecular complexity index is 650. The number of cyclic esters (lactones) is 1. The van der Waals surface area contributed by atoms with Gasteiger partial charge in [0, 0.05) is 21.9 Å². The second kappa shape index (κ2) is 7.05. The van der Waals surface area contributed by atoms with Crippen molar-refractivity contribution >= 4 is 33.7 Å². The Balaban J connectivity index is 2.42. The molecular weight excluding hydrogens is 376 g/mol. The van der Waals surface area contributed by atoms with Gasteiger partial charge in [0.05, 0.1) is 7.11 Å². The van der Waals surface area contributed by atoms with Crippen molar-refractivity contribution in [1.29, 1.82) is 0 Å². The number of hydrogen-bond acceptors (Lipinski definition) is 5. The molecule has 1 fully saturated rings. The van der Waals surface area contributed by atoms with Gasteiger partial charge in [-0.1, -0.05) is 35.0 Å². The Morgan fingerprint density at radius 1 is 1.29 bits per heavy atom. The van der Waals surface area contributed by atoms with Crippen LogP contribution < -0.4 is 0 Å². The average Bonchev–Trinajstić information content (AvgIpc) is 2.77. The number of ether oxygens (including phenoxy) is 2. The zero-order valence-corrected chi connectivity index (χ0v) is 15.8. The summed E-state index contributed by atoms with van der Waals surface area (Å²) in [6.45, 7) is 5.33. The topological polar surface area (TPSA) is 69.7 Å². The fraction of sp³-hybridized carbons (Fsp3) is 0.500. The quantitative estimate of drug-likeness (QED) is 0.433. The molecule has 0 aliphatic carbocycles. The molecule has 0 bridgehead atoms. The second-order valence-electron chi connectivity index (χ2n) is 6.44. The normalized spacial score (nSPS) is 23.5. The third kappa shape index (κ3) is 3.38. The van der Waals surface area contributed by atoms with E-state index in [1.165, 1.54) is 7.11 Å². The number of halogens is 1.